The van der Waals surface area contributed by atoms with Crippen molar-refractivity contribution in [3.8, 4) is 0 Å². The van der Waals surface area contributed by atoms with Crippen molar-refractivity contribution in [2.75, 3.05) is 20.3 Å². The van der Waals surface area contributed by atoms with Gasteiger partial charge in [0.25, 0.3) is 11.8 Å². The molecule has 2 heterocycles. The van der Waals surface area contributed by atoms with E-state index in [1.54, 1.807) is 13.8 Å². The number of aromatic nitrogens is 2. The van der Waals surface area contributed by atoms with Gasteiger partial charge in [0.15, 0.2) is 17.3 Å². The van der Waals surface area contributed by atoms with E-state index in [4.69, 9.17) is 4.74 Å². The molecular weight excluding hydrogens is 487 g/mol. The highest BCUT2D eigenvalue weighted by Gasteiger charge is 2.47. The number of carbonyl (C=O) groups is 2. The second-order valence-corrected chi connectivity index (χ2v) is 9.42. The molecule has 1 aromatic carbocycles. The Kier molecular flexibility index (Phi) is 7.58. The van der Waals surface area contributed by atoms with Crippen LogP contribution in [0.25, 0.3) is 5.57 Å². The number of nitrogens with zero attached hydrogens (tertiary/aromatic N) is 2. The molecule has 7 nitrogen and oxygen atoms in total. The molecule has 12 heteroatoms. The van der Waals surface area contributed by atoms with Gasteiger partial charge < -0.3 is 15.0 Å². The average Bonchev–Trinajstić information content (AvgIpc) is 3.19. The molecule has 1 aromatic heterocycles. The number of ether oxygens (including phenoxy) is 1. The van der Waals surface area contributed by atoms with E-state index >= 15 is 0 Å². The maximum atomic E-state index is 14.0. The smallest absolute Gasteiger partial charge is 0.384 e. The van der Waals surface area contributed by atoms with Crippen LogP contribution in [0.5, 0.6) is 0 Å². The monoisotopic (exact) mass is 514 g/mol. The minimum atomic E-state index is -4.84. The zero-order valence-corrected chi connectivity index (χ0v) is 20.4. The van der Waals surface area contributed by atoms with Crippen molar-refractivity contribution in [3.05, 3.63) is 58.0 Å². The molecule has 2 aromatic rings. The number of nitrogens with one attached hydrogen (secondary N) is 2. The zero-order valence-electron chi connectivity index (χ0n) is 20.4. The first-order chi connectivity index (χ1) is 16.7. The standard InChI is InChI=1S/C24H27F5N4O3/c1-12(2)30-21(34)17-16(8-9-36-5)33(22(35)13-6-7-14(25)15(26)10-13)11-23(3,4)18-19(17)31-32-20(18)24(27,28)29/h6-7,10,12H,8-9,11H2,1-5H3,(H,30,34)(H,31,32). The third-order valence-electron chi connectivity index (χ3n) is 5.73. The van der Waals surface area contributed by atoms with Gasteiger partial charge in [0.2, 0.25) is 0 Å². The highest BCUT2D eigenvalue weighted by molar-refractivity contribution is 6.21. The topological polar surface area (TPSA) is 87.3 Å². The molecule has 0 unspecified atom stereocenters. The molecule has 1 aliphatic rings. The molecule has 0 saturated heterocycles. The molecule has 2 amide bonds. The van der Waals surface area contributed by atoms with Gasteiger partial charge in [-0.3, -0.25) is 14.7 Å². The van der Waals surface area contributed by atoms with Gasteiger partial charge in [-0.2, -0.15) is 18.3 Å². The van der Waals surface area contributed by atoms with Crippen LogP contribution in [0, 0.1) is 11.6 Å². The van der Waals surface area contributed by atoms with Gasteiger partial charge in [-0.05, 0) is 32.0 Å². The molecular formula is C24H27F5N4O3. The summed E-state index contributed by atoms with van der Waals surface area (Å²) < 4.78 is 74.5. The summed E-state index contributed by atoms with van der Waals surface area (Å²) in [6.07, 6.45) is -4.88. The highest BCUT2D eigenvalue weighted by atomic mass is 19.4. The Balaban J connectivity index is 2.34. The number of hydrogen-bond acceptors (Lipinski definition) is 4. The second-order valence-electron chi connectivity index (χ2n) is 9.42. The third-order valence-corrected chi connectivity index (χ3v) is 5.73. The molecule has 196 valence electrons. The zero-order chi connectivity index (χ0) is 27.0. The van der Waals surface area contributed by atoms with E-state index in [1.165, 1.54) is 21.0 Å². The summed E-state index contributed by atoms with van der Waals surface area (Å²) in [7, 11) is 1.39. The predicted octanol–water partition coefficient (Wildman–Crippen LogP) is 4.41. The Hall–Kier alpha value is -3.28. The highest BCUT2D eigenvalue weighted by Crippen LogP contribution is 2.44. The number of amides is 2. The number of rotatable bonds is 6. The first-order valence-electron chi connectivity index (χ1n) is 11.1. The summed E-state index contributed by atoms with van der Waals surface area (Å²) in [4.78, 5) is 28.1. The number of alkyl halides is 3. The van der Waals surface area contributed by atoms with Gasteiger partial charge in [-0.15, -0.1) is 0 Å². The number of carbonyl (C=O) groups excluding carboxylic acids is 2. The Bertz CT molecular complexity index is 1200. The Labute approximate surface area is 204 Å². The Morgan fingerprint density at radius 1 is 1.22 bits per heavy atom. The van der Waals surface area contributed by atoms with Crippen LogP contribution < -0.4 is 5.32 Å². The fraction of sp³-hybridized carbons (Fsp3) is 0.458. The number of H-pyrrole nitrogens is 1. The van der Waals surface area contributed by atoms with Gasteiger partial charge in [-0.1, -0.05) is 13.8 Å². The minimum absolute atomic E-state index is 0.0192. The normalized spacial score (nSPS) is 15.7. The van der Waals surface area contributed by atoms with E-state index in [9.17, 15) is 31.5 Å². The van der Waals surface area contributed by atoms with Crippen molar-refractivity contribution >= 4 is 17.4 Å². The molecule has 36 heavy (non-hydrogen) atoms. The van der Waals surface area contributed by atoms with E-state index in [-0.39, 0.29) is 53.7 Å². The summed E-state index contributed by atoms with van der Waals surface area (Å²) in [6.45, 7) is 6.03. The number of aromatic amines is 1. The van der Waals surface area contributed by atoms with E-state index in [0.717, 1.165) is 17.0 Å². The van der Waals surface area contributed by atoms with Crippen LogP contribution in [0.2, 0.25) is 0 Å². The van der Waals surface area contributed by atoms with Crippen molar-refractivity contribution in [1.29, 1.82) is 0 Å². The van der Waals surface area contributed by atoms with E-state index < -0.39 is 40.7 Å². The van der Waals surface area contributed by atoms with Crippen LogP contribution in [-0.2, 0) is 21.1 Å². The molecule has 2 N–H and O–H groups in total. The molecule has 0 fully saturated rings. The summed E-state index contributed by atoms with van der Waals surface area (Å²) in [6, 6.07) is 2.18. The van der Waals surface area contributed by atoms with Crippen molar-refractivity contribution in [2.24, 2.45) is 0 Å². The summed E-state index contributed by atoms with van der Waals surface area (Å²) in [5.41, 5.74) is -3.39. The molecule has 0 atom stereocenters. The van der Waals surface area contributed by atoms with Gasteiger partial charge in [0, 0.05) is 48.4 Å². The minimum Gasteiger partial charge on any atom is -0.384 e. The van der Waals surface area contributed by atoms with Crippen LogP contribution >= 0.6 is 0 Å². The lowest BCUT2D eigenvalue weighted by Crippen LogP contribution is -2.41. The number of hydrogen-bond donors (Lipinski definition) is 2. The SMILES string of the molecule is COCCC1=C(C(=O)NC(C)C)c2[nH]nc(C(F)(F)F)c2C(C)(C)CN1C(=O)c1ccc(F)c(F)c1. The first kappa shape index (κ1) is 27.3. The molecule has 0 spiro atoms. The van der Waals surface area contributed by atoms with Crippen LogP contribution in [0.15, 0.2) is 23.9 Å². The predicted molar refractivity (Wildman–Crippen MR) is 121 cm³/mol. The van der Waals surface area contributed by atoms with E-state index in [0.29, 0.717) is 6.07 Å². The van der Waals surface area contributed by atoms with E-state index in [2.05, 4.69) is 15.5 Å². The summed E-state index contributed by atoms with van der Waals surface area (Å²) in [5.74, 6) is -3.96. The van der Waals surface area contributed by atoms with Crippen molar-refractivity contribution < 1.29 is 36.3 Å². The quantitative estimate of drug-likeness (QED) is 0.559. The van der Waals surface area contributed by atoms with Crippen molar-refractivity contribution in [1.82, 2.24) is 20.4 Å². The van der Waals surface area contributed by atoms with Crippen molar-refractivity contribution in [3.63, 3.8) is 0 Å². The maximum Gasteiger partial charge on any atom is 0.435 e. The largest absolute Gasteiger partial charge is 0.435 e. The van der Waals surface area contributed by atoms with Gasteiger partial charge >= 0.3 is 6.18 Å². The summed E-state index contributed by atoms with van der Waals surface area (Å²) in [5, 5.41) is 8.53. The molecule has 0 radical (unpaired) electrons. The van der Waals surface area contributed by atoms with Crippen LogP contribution in [0.1, 0.15) is 61.4 Å². The molecule has 0 saturated carbocycles. The van der Waals surface area contributed by atoms with Crippen LogP contribution in [-0.4, -0.2) is 53.2 Å². The number of methoxy groups -OCH3 is 1. The number of halogens is 5. The first-order valence-corrected chi connectivity index (χ1v) is 11.1. The average molecular weight is 514 g/mol. The lowest BCUT2D eigenvalue weighted by atomic mass is 9.81. The molecule has 3 rings (SSSR count). The van der Waals surface area contributed by atoms with Gasteiger partial charge in [0.1, 0.15) is 0 Å². The lowest BCUT2D eigenvalue weighted by molar-refractivity contribution is -0.142. The molecule has 0 aliphatic carbocycles. The Morgan fingerprint density at radius 3 is 2.44 bits per heavy atom. The van der Waals surface area contributed by atoms with Crippen LogP contribution in [0.4, 0.5) is 22.0 Å². The van der Waals surface area contributed by atoms with Gasteiger partial charge in [0.05, 0.1) is 17.9 Å². The lowest BCUT2D eigenvalue weighted by Gasteiger charge is -2.33. The maximum absolute atomic E-state index is 14.0. The van der Waals surface area contributed by atoms with Crippen LogP contribution in [0.3, 0.4) is 0 Å². The van der Waals surface area contributed by atoms with Crippen molar-refractivity contribution in [2.45, 2.75) is 51.7 Å². The fourth-order valence-electron chi connectivity index (χ4n) is 4.25. The number of benzene rings is 1. The van der Waals surface area contributed by atoms with E-state index in [1.807, 2.05) is 0 Å². The Morgan fingerprint density at radius 2 is 1.89 bits per heavy atom. The second kappa shape index (κ2) is 10.00. The number of fused-ring (bicyclic) bond motifs is 1. The third kappa shape index (κ3) is 5.28. The fourth-order valence-corrected chi connectivity index (χ4v) is 4.25. The van der Waals surface area contributed by atoms with Gasteiger partial charge in [-0.25, -0.2) is 8.78 Å². The molecule has 0 bridgehead atoms. The summed E-state index contributed by atoms with van der Waals surface area (Å²) >= 11 is 0. The molecule has 1 aliphatic heterocycles.